The molecule has 0 heterocycles. The summed E-state index contributed by atoms with van der Waals surface area (Å²) in [4.78, 5) is 11.2. The lowest BCUT2D eigenvalue weighted by molar-refractivity contribution is 0.0997. The summed E-state index contributed by atoms with van der Waals surface area (Å²) in [6, 6.07) is 5.49. The summed E-state index contributed by atoms with van der Waals surface area (Å²) in [6.45, 7) is 0. The lowest BCUT2D eigenvalue weighted by Gasteiger charge is -1.99. The number of hydrogen-bond acceptors (Lipinski definition) is 2. The summed E-state index contributed by atoms with van der Waals surface area (Å²) >= 11 is 3.05. The monoisotopic (exact) mass is 241 g/mol. The molecule has 4 heteroatoms. The van der Waals surface area contributed by atoms with E-state index in [1.165, 1.54) is 18.2 Å². The molecule has 0 unspecified atom stereocenters. The molecule has 0 saturated heterocycles. The van der Waals surface area contributed by atoms with E-state index in [2.05, 4.69) is 15.9 Å². The largest absolute Gasteiger partial charge is 0.293 e. The van der Waals surface area contributed by atoms with E-state index in [9.17, 15) is 9.18 Å². The molecule has 0 radical (unpaired) electrons. The summed E-state index contributed by atoms with van der Waals surface area (Å²) in [5.74, 6) is -0.727. The van der Waals surface area contributed by atoms with E-state index in [0.717, 1.165) is 0 Å². The van der Waals surface area contributed by atoms with Crippen LogP contribution in [0.4, 0.5) is 4.39 Å². The van der Waals surface area contributed by atoms with Crippen LogP contribution in [0.3, 0.4) is 0 Å². The maximum atomic E-state index is 12.6. The Kier molecular flexibility index (Phi) is 3.15. The molecule has 1 aromatic carbocycles. The number of rotatable bonds is 2. The van der Waals surface area contributed by atoms with Crippen LogP contribution < -0.4 is 0 Å². The Bertz CT molecular complexity index is 384. The minimum Gasteiger partial charge on any atom is -0.293 e. The minimum atomic E-state index is -0.416. The van der Waals surface area contributed by atoms with Crippen LogP contribution in [0, 0.1) is 17.1 Å². The molecule has 0 aliphatic heterocycles. The number of benzene rings is 1. The molecule has 0 saturated carbocycles. The number of carbonyl (C=O) groups excluding carboxylic acids is 1. The number of Topliss-reactive ketones (excluding diaryl/α,β-unsaturated/α-hetero) is 1. The van der Waals surface area contributed by atoms with Crippen molar-refractivity contribution in [3.63, 3.8) is 0 Å². The molecule has 2 nitrogen and oxygen atoms in total. The first-order chi connectivity index (χ1) is 6.15. The van der Waals surface area contributed by atoms with Crippen LogP contribution in [0.25, 0.3) is 0 Å². The number of nitrogens with zero attached hydrogens (tertiary/aromatic N) is 1. The van der Waals surface area contributed by atoms with E-state index in [0.29, 0.717) is 10.0 Å². The van der Waals surface area contributed by atoms with Gasteiger partial charge in [-0.3, -0.25) is 4.79 Å². The van der Waals surface area contributed by atoms with E-state index in [1.54, 1.807) is 6.07 Å². The molecule has 66 valence electrons. The standard InChI is InChI=1S/C9H5BrFNO/c10-8-5-6(11)1-2-7(8)9(13)3-4-12/h1-2,5H,3H2. The molecule has 0 N–H and O–H groups in total. The smallest absolute Gasteiger partial charge is 0.178 e. The fraction of sp³-hybridized carbons (Fsp3) is 0.111. The van der Waals surface area contributed by atoms with Crippen LogP contribution in [0.5, 0.6) is 0 Å². The van der Waals surface area contributed by atoms with Gasteiger partial charge in [-0.05, 0) is 34.1 Å². The van der Waals surface area contributed by atoms with E-state index in [1.807, 2.05) is 0 Å². The second-order valence-corrected chi connectivity index (χ2v) is 3.24. The zero-order valence-corrected chi connectivity index (χ0v) is 8.14. The number of ketones is 1. The molecule has 1 aromatic rings. The van der Waals surface area contributed by atoms with Gasteiger partial charge in [-0.1, -0.05) is 0 Å². The molecule has 0 spiro atoms. The van der Waals surface area contributed by atoms with E-state index in [4.69, 9.17) is 5.26 Å². The SMILES string of the molecule is N#CCC(=O)c1ccc(F)cc1Br. The lowest BCUT2D eigenvalue weighted by atomic mass is 10.1. The fourth-order valence-electron chi connectivity index (χ4n) is 0.883. The quantitative estimate of drug-likeness (QED) is 0.748. The van der Waals surface area contributed by atoms with Crippen LogP contribution in [-0.2, 0) is 0 Å². The topological polar surface area (TPSA) is 40.9 Å². The second kappa shape index (κ2) is 4.15. The maximum absolute atomic E-state index is 12.6. The normalized spacial score (nSPS) is 9.31. The molecule has 0 atom stereocenters. The van der Waals surface area contributed by atoms with Gasteiger partial charge in [0.15, 0.2) is 5.78 Å². The average Bonchev–Trinajstić information content (AvgIpc) is 2.04. The van der Waals surface area contributed by atoms with Crippen molar-refractivity contribution in [2.75, 3.05) is 0 Å². The van der Waals surface area contributed by atoms with Gasteiger partial charge in [-0.25, -0.2) is 4.39 Å². The Morgan fingerprint density at radius 3 is 2.85 bits per heavy atom. The molecular formula is C9H5BrFNO. The van der Waals surface area contributed by atoms with E-state index >= 15 is 0 Å². The Balaban J connectivity index is 3.03. The van der Waals surface area contributed by atoms with Crippen molar-refractivity contribution in [2.45, 2.75) is 6.42 Å². The highest BCUT2D eigenvalue weighted by Crippen LogP contribution is 2.19. The van der Waals surface area contributed by atoms with Gasteiger partial charge in [0.1, 0.15) is 5.82 Å². The van der Waals surface area contributed by atoms with Crippen LogP contribution in [0.1, 0.15) is 16.8 Å². The van der Waals surface area contributed by atoms with Gasteiger partial charge in [0.05, 0.1) is 12.5 Å². The first-order valence-electron chi connectivity index (χ1n) is 3.50. The van der Waals surface area contributed by atoms with Crippen LogP contribution >= 0.6 is 15.9 Å². The van der Waals surface area contributed by atoms with Crippen molar-refractivity contribution in [3.05, 3.63) is 34.1 Å². The summed E-state index contributed by atoms with van der Waals surface area (Å²) in [7, 11) is 0. The third-order valence-corrected chi connectivity index (χ3v) is 2.13. The van der Waals surface area contributed by atoms with Crippen molar-refractivity contribution in [3.8, 4) is 6.07 Å². The predicted octanol–water partition coefficient (Wildman–Crippen LogP) is 2.68. The number of carbonyl (C=O) groups is 1. The number of halogens is 2. The van der Waals surface area contributed by atoms with Crippen LogP contribution in [0.15, 0.2) is 22.7 Å². The summed E-state index contributed by atoms with van der Waals surface area (Å²) < 4.78 is 13.0. The first kappa shape index (κ1) is 9.87. The third-order valence-electron chi connectivity index (χ3n) is 1.47. The Morgan fingerprint density at radius 1 is 1.62 bits per heavy atom. The average molecular weight is 242 g/mol. The van der Waals surface area contributed by atoms with Crippen molar-refractivity contribution in [1.29, 1.82) is 5.26 Å². The van der Waals surface area contributed by atoms with Crippen LogP contribution in [-0.4, -0.2) is 5.78 Å². The lowest BCUT2D eigenvalue weighted by Crippen LogP contribution is -1.98. The molecular weight excluding hydrogens is 237 g/mol. The summed E-state index contributed by atoms with van der Waals surface area (Å²) in [5, 5.41) is 8.28. The highest BCUT2D eigenvalue weighted by atomic mass is 79.9. The Labute approximate surface area is 83.1 Å². The second-order valence-electron chi connectivity index (χ2n) is 2.38. The third kappa shape index (κ3) is 2.36. The molecule has 0 amide bonds. The zero-order valence-electron chi connectivity index (χ0n) is 6.55. The van der Waals surface area contributed by atoms with Gasteiger partial charge < -0.3 is 0 Å². The Morgan fingerprint density at radius 2 is 2.31 bits per heavy atom. The summed E-state index contributed by atoms with van der Waals surface area (Å²) in [5.41, 5.74) is 0.336. The number of hydrogen-bond donors (Lipinski definition) is 0. The van der Waals surface area contributed by atoms with Gasteiger partial charge in [0.2, 0.25) is 0 Å². The van der Waals surface area contributed by atoms with Gasteiger partial charge >= 0.3 is 0 Å². The summed E-state index contributed by atoms with van der Waals surface area (Å²) in [6.07, 6.45) is -0.190. The number of nitriles is 1. The maximum Gasteiger partial charge on any atom is 0.178 e. The van der Waals surface area contributed by atoms with Gasteiger partial charge in [-0.15, -0.1) is 0 Å². The van der Waals surface area contributed by atoms with Gasteiger partial charge in [0, 0.05) is 10.0 Å². The zero-order chi connectivity index (χ0) is 9.84. The fourth-order valence-corrected chi connectivity index (χ4v) is 1.45. The molecule has 0 fully saturated rings. The first-order valence-corrected chi connectivity index (χ1v) is 4.29. The van der Waals surface area contributed by atoms with Crippen molar-refractivity contribution in [1.82, 2.24) is 0 Å². The molecule has 1 rings (SSSR count). The molecule has 13 heavy (non-hydrogen) atoms. The van der Waals surface area contributed by atoms with E-state index < -0.39 is 5.82 Å². The van der Waals surface area contributed by atoms with Gasteiger partial charge in [0.25, 0.3) is 0 Å². The van der Waals surface area contributed by atoms with E-state index in [-0.39, 0.29) is 12.2 Å². The molecule has 0 aromatic heterocycles. The predicted molar refractivity (Wildman–Crippen MR) is 48.7 cm³/mol. The molecule has 0 aliphatic rings. The van der Waals surface area contributed by atoms with Crippen LogP contribution in [0.2, 0.25) is 0 Å². The molecule has 0 bridgehead atoms. The van der Waals surface area contributed by atoms with Gasteiger partial charge in [-0.2, -0.15) is 5.26 Å². The highest BCUT2D eigenvalue weighted by Gasteiger charge is 2.09. The van der Waals surface area contributed by atoms with Crippen molar-refractivity contribution in [2.24, 2.45) is 0 Å². The highest BCUT2D eigenvalue weighted by molar-refractivity contribution is 9.10. The van der Waals surface area contributed by atoms with Crippen molar-refractivity contribution < 1.29 is 9.18 Å². The van der Waals surface area contributed by atoms with Crippen molar-refractivity contribution >= 4 is 21.7 Å². The molecule has 0 aliphatic carbocycles. The Hall–Kier alpha value is -1.21. The minimum absolute atomic E-state index is 0.190.